The molecular formula is C12H26ClN. The Morgan fingerprint density at radius 2 is 1.14 bits per heavy atom. The molecule has 0 saturated heterocycles. The lowest BCUT2D eigenvalue weighted by molar-refractivity contribution is 0.0417. The fraction of sp³-hybridized carbons (Fsp3) is 1.00. The van der Waals surface area contributed by atoms with Crippen molar-refractivity contribution in [2.45, 2.75) is 59.4 Å². The summed E-state index contributed by atoms with van der Waals surface area (Å²) in [6, 6.07) is 0. The summed E-state index contributed by atoms with van der Waals surface area (Å²) in [5.74, 6) is 0. The average molecular weight is 220 g/mol. The lowest BCUT2D eigenvalue weighted by Crippen LogP contribution is -2.51. The minimum Gasteiger partial charge on any atom is -0.314 e. The lowest BCUT2D eigenvalue weighted by Gasteiger charge is -2.50. The normalized spacial score (nSPS) is 27.9. The number of halogens is 1. The molecular weight excluding hydrogens is 194 g/mol. The van der Waals surface area contributed by atoms with Gasteiger partial charge in [0.15, 0.2) is 0 Å². The Balaban J connectivity index is 0.00000169. The summed E-state index contributed by atoms with van der Waals surface area (Å²) in [4.78, 5) is 0. The monoisotopic (exact) mass is 219 g/mol. The molecule has 0 aromatic heterocycles. The second-order valence-corrected chi connectivity index (χ2v) is 6.67. The quantitative estimate of drug-likeness (QED) is 0.711. The first-order valence-corrected chi connectivity index (χ1v) is 5.37. The van der Waals surface area contributed by atoms with Crippen molar-refractivity contribution in [1.82, 2.24) is 5.32 Å². The van der Waals surface area contributed by atoms with Gasteiger partial charge in [-0.25, -0.2) is 0 Å². The van der Waals surface area contributed by atoms with E-state index in [2.05, 4.69) is 47.0 Å². The summed E-state index contributed by atoms with van der Waals surface area (Å²) in [6.07, 6.45) is 3.93. The summed E-state index contributed by atoms with van der Waals surface area (Å²) >= 11 is 0. The van der Waals surface area contributed by atoms with Crippen LogP contribution in [0.4, 0.5) is 0 Å². The Kier molecular flexibility index (Phi) is 4.09. The first kappa shape index (κ1) is 14.2. The van der Waals surface area contributed by atoms with Crippen LogP contribution in [-0.2, 0) is 0 Å². The topological polar surface area (TPSA) is 12.0 Å². The first-order chi connectivity index (χ1) is 5.68. The Morgan fingerprint density at radius 3 is 1.43 bits per heavy atom. The zero-order valence-corrected chi connectivity index (χ0v) is 11.3. The Bertz CT molecular complexity index is 180. The van der Waals surface area contributed by atoms with E-state index in [4.69, 9.17) is 0 Å². The van der Waals surface area contributed by atoms with Crippen LogP contribution in [0.2, 0.25) is 0 Å². The molecule has 14 heavy (non-hydrogen) atoms. The van der Waals surface area contributed by atoms with Gasteiger partial charge in [0.2, 0.25) is 0 Å². The summed E-state index contributed by atoms with van der Waals surface area (Å²) < 4.78 is 0. The van der Waals surface area contributed by atoms with E-state index in [1.54, 1.807) is 0 Å². The number of rotatable bonds is 1. The van der Waals surface area contributed by atoms with E-state index in [1.807, 2.05) is 0 Å². The minimum atomic E-state index is 0. The average Bonchev–Trinajstić information content (AvgIpc) is 1.79. The maximum absolute atomic E-state index is 3.49. The predicted octanol–water partition coefficient (Wildman–Crippen LogP) is 3.62. The van der Waals surface area contributed by atoms with Gasteiger partial charge in [-0.1, -0.05) is 27.7 Å². The molecule has 0 unspecified atom stereocenters. The molecule has 1 fully saturated rings. The van der Waals surface area contributed by atoms with Crippen LogP contribution >= 0.6 is 12.4 Å². The molecule has 2 heteroatoms. The molecule has 1 aliphatic carbocycles. The van der Waals surface area contributed by atoms with E-state index in [-0.39, 0.29) is 12.4 Å². The molecule has 0 aliphatic heterocycles. The van der Waals surface area contributed by atoms with Crippen molar-refractivity contribution in [3.8, 4) is 0 Å². The predicted molar refractivity (Wildman–Crippen MR) is 66.1 cm³/mol. The highest BCUT2D eigenvalue weighted by molar-refractivity contribution is 5.85. The van der Waals surface area contributed by atoms with Gasteiger partial charge in [-0.2, -0.15) is 0 Å². The van der Waals surface area contributed by atoms with Crippen LogP contribution < -0.4 is 5.32 Å². The molecule has 1 aliphatic rings. The number of hydrogen-bond acceptors (Lipinski definition) is 1. The standard InChI is InChI=1S/C12H25N.ClH/c1-10(2)7-11(3,4)9-12(5,8-10)13-6;/h13H,7-9H2,1-6H3;1H. The van der Waals surface area contributed by atoms with Gasteiger partial charge < -0.3 is 5.32 Å². The largest absolute Gasteiger partial charge is 0.314 e. The maximum atomic E-state index is 3.49. The van der Waals surface area contributed by atoms with Crippen LogP contribution in [0.5, 0.6) is 0 Å². The van der Waals surface area contributed by atoms with Gasteiger partial charge >= 0.3 is 0 Å². The van der Waals surface area contributed by atoms with Crippen molar-refractivity contribution in [1.29, 1.82) is 0 Å². The minimum absolute atomic E-state index is 0. The maximum Gasteiger partial charge on any atom is 0.0160 e. The Morgan fingerprint density at radius 1 is 0.786 bits per heavy atom. The van der Waals surface area contributed by atoms with E-state index in [0.29, 0.717) is 16.4 Å². The smallest absolute Gasteiger partial charge is 0.0160 e. The number of nitrogens with one attached hydrogen (secondary N) is 1. The van der Waals surface area contributed by atoms with Gasteiger partial charge in [-0.3, -0.25) is 0 Å². The van der Waals surface area contributed by atoms with Gasteiger partial charge in [-0.15, -0.1) is 12.4 Å². The van der Waals surface area contributed by atoms with Crippen molar-refractivity contribution >= 4 is 12.4 Å². The van der Waals surface area contributed by atoms with Crippen molar-refractivity contribution in [2.75, 3.05) is 7.05 Å². The van der Waals surface area contributed by atoms with Gasteiger partial charge in [0.1, 0.15) is 0 Å². The molecule has 0 atom stereocenters. The summed E-state index contributed by atoms with van der Waals surface area (Å²) in [6.45, 7) is 11.9. The van der Waals surface area contributed by atoms with Crippen LogP contribution in [0, 0.1) is 10.8 Å². The van der Waals surface area contributed by atoms with Crippen LogP contribution in [0.25, 0.3) is 0 Å². The fourth-order valence-electron chi connectivity index (χ4n) is 3.77. The molecule has 0 bridgehead atoms. The lowest BCUT2D eigenvalue weighted by atomic mass is 9.59. The summed E-state index contributed by atoms with van der Waals surface area (Å²) in [5, 5.41) is 3.49. The van der Waals surface area contributed by atoms with Gasteiger partial charge in [0.25, 0.3) is 0 Å². The molecule has 0 radical (unpaired) electrons. The Hall–Kier alpha value is 0.250. The van der Waals surface area contributed by atoms with Crippen molar-refractivity contribution < 1.29 is 0 Å². The molecule has 0 spiro atoms. The fourth-order valence-corrected chi connectivity index (χ4v) is 3.77. The van der Waals surface area contributed by atoms with Crippen LogP contribution in [-0.4, -0.2) is 12.6 Å². The highest BCUT2D eigenvalue weighted by atomic mass is 35.5. The SMILES string of the molecule is CNC1(C)CC(C)(C)CC(C)(C)C1.Cl. The van der Waals surface area contributed by atoms with E-state index >= 15 is 0 Å². The van der Waals surface area contributed by atoms with E-state index in [0.717, 1.165) is 0 Å². The molecule has 1 rings (SSSR count). The number of hydrogen-bond donors (Lipinski definition) is 1. The summed E-state index contributed by atoms with van der Waals surface area (Å²) in [7, 11) is 2.09. The summed E-state index contributed by atoms with van der Waals surface area (Å²) in [5.41, 5.74) is 1.31. The zero-order chi connectivity index (χ0) is 10.3. The van der Waals surface area contributed by atoms with Crippen molar-refractivity contribution in [2.24, 2.45) is 10.8 Å². The third-order valence-corrected chi connectivity index (χ3v) is 3.30. The Labute approximate surface area is 95.5 Å². The molecule has 86 valence electrons. The second kappa shape index (κ2) is 4.02. The molecule has 0 amide bonds. The van der Waals surface area contributed by atoms with E-state index in [1.165, 1.54) is 19.3 Å². The van der Waals surface area contributed by atoms with Gasteiger partial charge in [0.05, 0.1) is 0 Å². The molecule has 1 nitrogen and oxygen atoms in total. The molecule has 1 N–H and O–H groups in total. The highest BCUT2D eigenvalue weighted by Crippen LogP contribution is 2.49. The van der Waals surface area contributed by atoms with E-state index < -0.39 is 0 Å². The van der Waals surface area contributed by atoms with Crippen molar-refractivity contribution in [3.05, 3.63) is 0 Å². The molecule has 0 aromatic carbocycles. The molecule has 0 heterocycles. The second-order valence-electron chi connectivity index (χ2n) is 6.67. The van der Waals surface area contributed by atoms with Crippen LogP contribution in [0.3, 0.4) is 0 Å². The molecule has 0 aromatic rings. The van der Waals surface area contributed by atoms with E-state index in [9.17, 15) is 0 Å². The van der Waals surface area contributed by atoms with Crippen molar-refractivity contribution in [3.63, 3.8) is 0 Å². The molecule has 1 saturated carbocycles. The van der Waals surface area contributed by atoms with Gasteiger partial charge in [0, 0.05) is 5.54 Å². The van der Waals surface area contributed by atoms with Crippen LogP contribution in [0.15, 0.2) is 0 Å². The highest BCUT2D eigenvalue weighted by Gasteiger charge is 2.43. The third kappa shape index (κ3) is 3.43. The first-order valence-electron chi connectivity index (χ1n) is 5.37. The van der Waals surface area contributed by atoms with Gasteiger partial charge in [-0.05, 0) is 44.1 Å². The zero-order valence-electron chi connectivity index (χ0n) is 10.5. The third-order valence-electron chi connectivity index (χ3n) is 3.30. The van der Waals surface area contributed by atoms with Crippen LogP contribution in [0.1, 0.15) is 53.9 Å².